The molecule has 2 rings (SSSR count). The molecule has 1 saturated carbocycles. The van der Waals surface area contributed by atoms with Gasteiger partial charge in [0.25, 0.3) is 0 Å². The zero-order valence-electron chi connectivity index (χ0n) is 13.2. The van der Waals surface area contributed by atoms with Crippen LogP contribution in [-0.4, -0.2) is 14.2 Å². The van der Waals surface area contributed by atoms with Gasteiger partial charge in [0.1, 0.15) is 0 Å². The average Bonchev–Trinajstić information content (AvgIpc) is 2.46. The quantitative estimate of drug-likeness (QED) is 0.906. The van der Waals surface area contributed by atoms with Gasteiger partial charge >= 0.3 is 0 Å². The Labute approximate surface area is 122 Å². The van der Waals surface area contributed by atoms with Crippen LogP contribution in [0.5, 0.6) is 11.5 Å². The fourth-order valence-corrected chi connectivity index (χ4v) is 3.37. The molecule has 0 atom stereocenters. The second kappa shape index (κ2) is 6.04. The lowest BCUT2D eigenvalue weighted by Crippen LogP contribution is -2.40. The van der Waals surface area contributed by atoms with Crippen LogP contribution in [0.3, 0.4) is 0 Å². The van der Waals surface area contributed by atoms with Crippen molar-refractivity contribution in [3.05, 3.63) is 23.3 Å². The molecular weight excluding hydrogens is 250 g/mol. The molecule has 0 radical (unpaired) electrons. The summed E-state index contributed by atoms with van der Waals surface area (Å²) in [5, 5.41) is 0. The SMILES string of the molecule is COc1ccc(C(C)C)c(C2(N)CCCCC2)c1OC. The van der Waals surface area contributed by atoms with Crippen LogP contribution in [0.4, 0.5) is 0 Å². The van der Waals surface area contributed by atoms with Crippen LogP contribution in [0.2, 0.25) is 0 Å². The van der Waals surface area contributed by atoms with Gasteiger partial charge in [-0.15, -0.1) is 0 Å². The molecule has 3 heteroatoms. The fraction of sp³-hybridized carbons (Fsp3) is 0.647. The standard InChI is InChI=1S/C17H27NO2/c1-12(2)13-8-9-14(19-3)16(20-4)15(13)17(18)10-6-5-7-11-17/h8-9,12H,5-7,10-11,18H2,1-4H3. The van der Waals surface area contributed by atoms with E-state index in [1.54, 1.807) is 14.2 Å². The molecule has 0 heterocycles. The highest BCUT2D eigenvalue weighted by Gasteiger charge is 2.36. The summed E-state index contributed by atoms with van der Waals surface area (Å²) in [5.41, 5.74) is 8.95. The molecule has 1 aliphatic rings. The third-order valence-corrected chi connectivity index (χ3v) is 4.44. The predicted octanol–water partition coefficient (Wildman–Crippen LogP) is 3.95. The van der Waals surface area contributed by atoms with Crippen LogP contribution in [-0.2, 0) is 5.54 Å². The van der Waals surface area contributed by atoms with Crippen LogP contribution >= 0.6 is 0 Å². The first-order valence-corrected chi connectivity index (χ1v) is 7.57. The maximum Gasteiger partial charge on any atom is 0.166 e. The smallest absolute Gasteiger partial charge is 0.166 e. The van der Waals surface area contributed by atoms with Gasteiger partial charge in [-0.25, -0.2) is 0 Å². The number of hydrogen-bond acceptors (Lipinski definition) is 3. The largest absolute Gasteiger partial charge is 0.493 e. The van der Waals surface area contributed by atoms with Crippen molar-refractivity contribution >= 4 is 0 Å². The van der Waals surface area contributed by atoms with Crippen LogP contribution < -0.4 is 15.2 Å². The van der Waals surface area contributed by atoms with Gasteiger partial charge in [0.05, 0.1) is 14.2 Å². The van der Waals surface area contributed by atoms with Crippen LogP contribution in [0.15, 0.2) is 12.1 Å². The molecule has 20 heavy (non-hydrogen) atoms. The second-order valence-electron chi connectivity index (χ2n) is 6.14. The lowest BCUT2D eigenvalue weighted by molar-refractivity contribution is 0.279. The highest BCUT2D eigenvalue weighted by Crippen LogP contribution is 2.46. The molecule has 1 aromatic carbocycles. The predicted molar refractivity (Wildman–Crippen MR) is 82.6 cm³/mol. The highest BCUT2D eigenvalue weighted by atomic mass is 16.5. The summed E-state index contributed by atoms with van der Waals surface area (Å²) in [5.74, 6) is 2.03. The molecule has 3 nitrogen and oxygen atoms in total. The van der Waals surface area contributed by atoms with Crippen molar-refractivity contribution in [1.29, 1.82) is 0 Å². The summed E-state index contributed by atoms with van der Waals surface area (Å²) in [6.45, 7) is 4.41. The topological polar surface area (TPSA) is 44.5 Å². The second-order valence-corrected chi connectivity index (χ2v) is 6.14. The Morgan fingerprint density at radius 3 is 2.20 bits per heavy atom. The first-order chi connectivity index (χ1) is 9.53. The summed E-state index contributed by atoms with van der Waals surface area (Å²) in [7, 11) is 3.39. The first-order valence-electron chi connectivity index (χ1n) is 7.57. The zero-order valence-corrected chi connectivity index (χ0v) is 13.2. The van der Waals surface area contributed by atoms with Crippen molar-refractivity contribution in [2.24, 2.45) is 5.73 Å². The van der Waals surface area contributed by atoms with Crippen molar-refractivity contribution in [2.75, 3.05) is 14.2 Å². The molecule has 0 unspecified atom stereocenters. The minimum absolute atomic E-state index is 0.280. The number of rotatable bonds is 4. The van der Waals surface area contributed by atoms with Gasteiger partial charge in [-0.2, -0.15) is 0 Å². The number of hydrogen-bond donors (Lipinski definition) is 1. The molecule has 0 saturated heterocycles. The third kappa shape index (κ3) is 2.64. The van der Waals surface area contributed by atoms with Gasteiger partial charge in [-0.3, -0.25) is 0 Å². The van der Waals surface area contributed by atoms with E-state index in [0.717, 1.165) is 29.9 Å². The van der Waals surface area contributed by atoms with Gasteiger partial charge < -0.3 is 15.2 Å². The van der Waals surface area contributed by atoms with Crippen molar-refractivity contribution in [3.8, 4) is 11.5 Å². The van der Waals surface area contributed by atoms with E-state index in [-0.39, 0.29) is 5.54 Å². The summed E-state index contributed by atoms with van der Waals surface area (Å²) in [6, 6.07) is 4.13. The number of nitrogens with two attached hydrogens (primary N) is 1. The van der Waals surface area contributed by atoms with Gasteiger partial charge in [0, 0.05) is 11.1 Å². The van der Waals surface area contributed by atoms with Crippen LogP contribution in [0, 0.1) is 0 Å². The Morgan fingerprint density at radius 1 is 1.05 bits per heavy atom. The lowest BCUT2D eigenvalue weighted by Gasteiger charge is -2.37. The molecule has 1 fully saturated rings. The average molecular weight is 277 g/mol. The van der Waals surface area contributed by atoms with E-state index in [1.165, 1.54) is 24.8 Å². The summed E-state index contributed by atoms with van der Waals surface area (Å²) < 4.78 is 11.1. The minimum atomic E-state index is -0.280. The van der Waals surface area contributed by atoms with E-state index in [9.17, 15) is 0 Å². The van der Waals surface area contributed by atoms with Crippen molar-refractivity contribution < 1.29 is 9.47 Å². The van der Waals surface area contributed by atoms with E-state index < -0.39 is 0 Å². The Morgan fingerprint density at radius 2 is 1.70 bits per heavy atom. The molecule has 2 N–H and O–H groups in total. The molecule has 0 spiro atoms. The molecular formula is C17H27NO2. The molecule has 0 aliphatic heterocycles. The summed E-state index contributed by atoms with van der Waals surface area (Å²) in [4.78, 5) is 0. The number of ether oxygens (including phenoxy) is 2. The van der Waals surface area contributed by atoms with Gasteiger partial charge in [-0.05, 0) is 30.4 Å². The lowest BCUT2D eigenvalue weighted by atomic mass is 9.73. The monoisotopic (exact) mass is 277 g/mol. The van der Waals surface area contributed by atoms with E-state index in [0.29, 0.717) is 5.92 Å². The van der Waals surface area contributed by atoms with Crippen molar-refractivity contribution in [2.45, 2.75) is 57.4 Å². The first kappa shape index (κ1) is 15.2. The van der Waals surface area contributed by atoms with Crippen LogP contribution in [0.25, 0.3) is 0 Å². The number of benzene rings is 1. The van der Waals surface area contributed by atoms with E-state index in [2.05, 4.69) is 19.9 Å². The van der Waals surface area contributed by atoms with E-state index >= 15 is 0 Å². The molecule has 0 bridgehead atoms. The molecule has 112 valence electrons. The maximum atomic E-state index is 6.78. The molecule has 1 aliphatic carbocycles. The fourth-order valence-electron chi connectivity index (χ4n) is 3.37. The summed E-state index contributed by atoms with van der Waals surface area (Å²) >= 11 is 0. The Balaban J connectivity index is 2.62. The van der Waals surface area contributed by atoms with Crippen LogP contribution in [0.1, 0.15) is 63.0 Å². The Kier molecular flexibility index (Phi) is 4.59. The molecule has 0 aromatic heterocycles. The normalized spacial score (nSPS) is 18.1. The Bertz CT molecular complexity index is 462. The minimum Gasteiger partial charge on any atom is -0.493 e. The summed E-state index contributed by atoms with van der Waals surface area (Å²) in [6.07, 6.45) is 5.71. The van der Waals surface area contributed by atoms with E-state index in [4.69, 9.17) is 15.2 Å². The van der Waals surface area contributed by atoms with Crippen molar-refractivity contribution in [1.82, 2.24) is 0 Å². The maximum absolute atomic E-state index is 6.78. The van der Waals surface area contributed by atoms with Crippen molar-refractivity contribution in [3.63, 3.8) is 0 Å². The molecule has 1 aromatic rings. The van der Waals surface area contributed by atoms with Gasteiger partial charge in [0.2, 0.25) is 0 Å². The van der Waals surface area contributed by atoms with E-state index in [1.807, 2.05) is 6.07 Å². The highest BCUT2D eigenvalue weighted by molar-refractivity contribution is 5.55. The third-order valence-electron chi connectivity index (χ3n) is 4.44. The van der Waals surface area contributed by atoms with Gasteiger partial charge in [0.15, 0.2) is 11.5 Å². The van der Waals surface area contributed by atoms with Gasteiger partial charge in [-0.1, -0.05) is 39.2 Å². The Hall–Kier alpha value is -1.22. The zero-order chi connectivity index (χ0) is 14.8. The molecule has 0 amide bonds. The number of methoxy groups -OCH3 is 2.